The van der Waals surface area contributed by atoms with Crippen LogP contribution in [0.15, 0.2) is 54.0 Å². The Bertz CT molecular complexity index is 1290. The summed E-state index contributed by atoms with van der Waals surface area (Å²) in [7, 11) is 1.50. The number of phenols is 1. The van der Waals surface area contributed by atoms with Crippen molar-refractivity contribution in [1.82, 2.24) is 10.3 Å². The van der Waals surface area contributed by atoms with E-state index < -0.39 is 0 Å². The van der Waals surface area contributed by atoms with Gasteiger partial charge in [-0.2, -0.15) is 0 Å². The van der Waals surface area contributed by atoms with Crippen LogP contribution in [0.3, 0.4) is 0 Å². The number of nitrogens with two attached hydrogens (primary N) is 1. The molecule has 4 rings (SSSR count). The maximum Gasteiger partial charge on any atom is 0.161 e. The lowest BCUT2D eigenvalue weighted by Gasteiger charge is -2.30. The summed E-state index contributed by atoms with van der Waals surface area (Å²) in [5.74, 6) is 1.04. The van der Waals surface area contributed by atoms with Crippen LogP contribution in [0.2, 0.25) is 0 Å². The fraction of sp³-hybridized carbons (Fsp3) is 0.568. The Morgan fingerprint density at radius 3 is 2.56 bits per heavy atom. The number of benzene rings is 1. The zero-order valence-corrected chi connectivity index (χ0v) is 27.0. The minimum atomic E-state index is -0.382. The Morgan fingerprint density at radius 2 is 1.84 bits per heavy atom. The van der Waals surface area contributed by atoms with Gasteiger partial charge in [-0.1, -0.05) is 69.9 Å². The van der Waals surface area contributed by atoms with Crippen molar-refractivity contribution in [3.05, 3.63) is 70.8 Å². The number of aromatic hydroxyl groups is 1. The van der Waals surface area contributed by atoms with E-state index in [2.05, 4.69) is 10.3 Å². The number of phenolic OH excluding ortho intramolecular Hbond substituents is 1. The van der Waals surface area contributed by atoms with Crippen LogP contribution in [0.4, 0.5) is 0 Å². The minimum absolute atomic E-state index is 0.00263. The second kappa shape index (κ2) is 17.8. The fourth-order valence-electron chi connectivity index (χ4n) is 7.05. The Labute approximate surface area is 268 Å². The molecule has 0 radical (unpaired) electrons. The van der Waals surface area contributed by atoms with Gasteiger partial charge in [-0.15, -0.1) is 0 Å². The first-order valence-corrected chi connectivity index (χ1v) is 16.9. The molecule has 2 unspecified atom stereocenters. The quantitative estimate of drug-likeness (QED) is 0.0909. The SMILES string of the molecule is COc1cc(CCC(=O)CC(=O)CCCCCCC2CCCCC2)cc(C(C2=CCNC(N)=C2)C(CO)Cc2ccc[nH]2)c1O. The highest BCUT2D eigenvalue weighted by Gasteiger charge is 2.31. The Kier molecular flexibility index (Phi) is 13.6. The molecule has 1 aliphatic carbocycles. The zero-order chi connectivity index (χ0) is 32.0. The van der Waals surface area contributed by atoms with E-state index in [1.54, 1.807) is 6.07 Å². The molecule has 0 spiro atoms. The summed E-state index contributed by atoms with van der Waals surface area (Å²) >= 11 is 0. The molecule has 0 saturated heterocycles. The number of Topliss-reactive ketones (excluding diaryl/α,β-unsaturated/α-hetero) is 2. The number of aryl methyl sites for hydroxylation is 1. The summed E-state index contributed by atoms with van der Waals surface area (Å²) in [4.78, 5) is 28.6. The van der Waals surface area contributed by atoms with Gasteiger partial charge in [0.2, 0.25) is 0 Å². The highest BCUT2D eigenvalue weighted by atomic mass is 16.5. The zero-order valence-electron chi connectivity index (χ0n) is 27.0. The lowest BCUT2D eigenvalue weighted by Crippen LogP contribution is -2.28. The topological polar surface area (TPSA) is 138 Å². The van der Waals surface area contributed by atoms with Crippen LogP contribution in [0, 0.1) is 11.8 Å². The predicted molar refractivity (Wildman–Crippen MR) is 178 cm³/mol. The number of aromatic nitrogens is 1. The summed E-state index contributed by atoms with van der Waals surface area (Å²) in [5.41, 5.74) is 9.43. The van der Waals surface area contributed by atoms with Gasteiger partial charge in [0.05, 0.1) is 19.4 Å². The van der Waals surface area contributed by atoms with Crippen LogP contribution in [-0.2, 0) is 22.4 Å². The summed E-state index contributed by atoms with van der Waals surface area (Å²) in [6, 6.07) is 7.54. The minimum Gasteiger partial charge on any atom is -0.504 e. The van der Waals surface area contributed by atoms with E-state index in [4.69, 9.17) is 10.5 Å². The molecular formula is C37H53N3O5. The van der Waals surface area contributed by atoms with E-state index in [1.807, 2.05) is 36.5 Å². The van der Waals surface area contributed by atoms with Crippen LogP contribution < -0.4 is 15.8 Å². The van der Waals surface area contributed by atoms with Crippen molar-refractivity contribution in [2.75, 3.05) is 20.3 Å². The van der Waals surface area contributed by atoms with Gasteiger partial charge >= 0.3 is 0 Å². The molecule has 8 heteroatoms. The molecule has 1 aromatic heterocycles. The number of nitrogens with one attached hydrogen (secondary N) is 2. The Morgan fingerprint density at radius 1 is 1.07 bits per heavy atom. The van der Waals surface area contributed by atoms with E-state index in [9.17, 15) is 19.8 Å². The number of ether oxygens (including phenoxy) is 1. The summed E-state index contributed by atoms with van der Waals surface area (Å²) in [5, 5.41) is 25.0. The number of ketones is 2. The highest BCUT2D eigenvalue weighted by molar-refractivity contribution is 5.99. The molecule has 0 amide bonds. The highest BCUT2D eigenvalue weighted by Crippen LogP contribution is 2.44. The molecular weight excluding hydrogens is 566 g/mol. The van der Waals surface area contributed by atoms with Gasteiger partial charge in [0.1, 0.15) is 11.6 Å². The average Bonchev–Trinajstić information content (AvgIpc) is 3.56. The number of hydrogen-bond donors (Lipinski definition) is 5. The maximum absolute atomic E-state index is 12.8. The van der Waals surface area contributed by atoms with Gasteiger partial charge in [-0.25, -0.2) is 0 Å². The van der Waals surface area contributed by atoms with E-state index in [-0.39, 0.29) is 48.6 Å². The number of rotatable bonds is 19. The molecule has 1 aliphatic heterocycles. The number of carbonyl (C=O) groups is 2. The monoisotopic (exact) mass is 619 g/mol. The first kappa shape index (κ1) is 34.4. The van der Waals surface area contributed by atoms with Crippen LogP contribution in [-0.4, -0.2) is 47.0 Å². The average molecular weight is 620 g/mol. The molecule has 2 aliphatic rings. The smallest absolute Gasteiger partial charge is 0.161 e. The maximum atomic E-state index is 12.8. The van der Waals surface area contributed by atoms with Crippen molar-refractivity contribution in [2.45, 2.75) is 102 Å². The van der Waals surface area contributed by atoms with Gasteiger partial charge < -0.3 is 31.0 Å². The number of unbranched alkanes of at least 4 members (excludes halogenated alkanes) is 3. The Balaban J connectivity index is 1.36. The number of aliphatic hydroxyl groups excluding tert-OH is 1. The number of aliphatic hydroxyl groups is 1. The van der Waals surface area contributed by atoms with E-state index in [0.29, 0.717) is 42.9 Å². The third-order valence-corrected chi connectivity index (χ3v) is 9.52. The lowest BCUT2D eigenvalue weighted by atomic mass is 9.76. The molecule has 0 bridgehead atoms. The Hall–Kier alpha value is -3.52. The van der Waals surface area contributed by atoms with Crippen LogP contribution in [0.25, 0.3) is 0 Å². The first-order chi connectivity index (χ1) is 21.9. The van der Waals surface area contributed by atoms with Crippen LogP contribution in [0.1, 0.15) is 106 Å². The van der Waals surface area contributed by atoms with E-state index in [1.165, 1.54) is 58.5 Å². The number of aromatic amines is 1. The number of dihydropyridines is 1. The molecule has 1 aromatic carbocycles. The molecule has 2 heterocycles. The molecule has 2 aromatic rings. The number of H-pyrrole nitrogens is 1. The van der Waals surface area contributed by atoms with Crippen LogP contribution >= 0.6 is 0 Å². The van der Waals surface area contributed by atoms with Gasteiger partial charge in [0, 0.05) is 49.4 Å². The largest absolute Gasteiger partial charge is 0.504 e. The molecule has 8 nitrogen and oxygen atoms in total. The number of methoxy groups -OCH3 is 1. The fourth-order valence-corrected chi connectivity index (χ4v) is 7.05. The number of carbonyl (C=O) groups excluding carboxylic acids is 2. The van der Waals surface area contributed by atoms with Crippen molar-refractivity contribution in [1.29, 1.82) is 0 Å². The van der Waals surface area contributed by atoms with Gasteiger partial charge in [0.15, 0.2) is 11.5 Å². The van der Waals surface area contributed by atoms with E-state index in [0.717, 1.165) is 35.6 Å². The van der Waals surface area contributed by atoms with Crippen molar-refractivity contribution in [3.63, 3.8) is 0 Å². The molecule has 6 N–H and O–H groups in total. The van der Waals surface area contributed by atoms with Crippen molar-refractivity contribution in [2.24, 2.45) is 17.6 Å². The summed E-state index contributed by atoms with van der Waals surface area (Å²) in [6.45, 7) is 0.421. The van der Waals surface area contributed by atoms with Crippen molar-refractivity contribution in [3.8, 4) is 11.5 Å². The second-order valence-electron chi connectivity index (χ2n) is 13.0. The van der Waals surface area contributed by atoms with E-state index >= 15 is 0 Å². The second-order valence-corrected chi connectivity index (χ2v) is 13.0. The third-order valence-electron chi connectivity index (χ3n) is 9.52. The standard InChI is InChI=1S/C37H53N3O5/c1-45-34-21-27(15-16-32(43)24-31(42)14-8-3-2-5-10-26-11-6-4-7-12-26)20-33(37(34)44)36(28-17-19-40-35(38)23-28)29(25-41)22-30-13-9-18-39-30/h9,13,17-18,20-21,23,26,29,36,39-41,44H,2-8,10-12,14-16,19,22,24-25,38H2,1H3. The van der Waals surface area contributed by atoms with Crippen LogP contribution in [0.5, 0.6) is 11.5 Å². The van der Waals surface area contributed by atoms with Crippen molar-refractivity contribution < 1.29 is 24.5 Å². The van der Waals surface area contributed by atoms with Gasteiger partial charge in [-0.05, 0) is 66.5 Å². The molecule has 246 valence electrons. The first-order valence-electron chi connectivity index (χ1n) is 16.9. The number of hydrogen-bond acceptors (Lipinski definition) is 7. The molecule has 1 fully saturated rings. The lowest BCUT2D eigenvalue weighted by molar-refractivity contribution is -0.127. The molecule has 2 atom stereocenters. The van der Waals surface area contributed by atoms with Crippen molar-refractivity contribution >= 4 is 11.6 Å². The summed E-state index contributed by atoms with van der Waals surface area (Å²) < 4.78 is 5.55. The molecule has 45 heavy (non-hydrogen) atoms. The third kappa shape index (κ3) is 10.5. The molecule has 1 saturated carbocycles. The number of allylic oxidation sites excluding steroid dienone is 2. The van der Waals surface area contributed by atoms with Gasteiger partial charge in [0.25, 0.3) is 0 Å². The predicted octanol–water partition coefficient (Wildman–Crippen LogP) is 6.38. The normalized spacial score (nSPS) is 16.8. The van der Waals surface area contributed by atoms with Gasteiger partial charge in [-0.3, -0.25) is 9.59 Å². The summed E-state index contributed by atoms with van der Waals surface area (Å²) in [6.07, 6.45) is 20.0.